The van der Waals surface area contributed by atoms with Crippen molar-refractivity contribution in [3.05, 3.63) is 84.1 Å². The van der Waals surface area contributed by atoms with E-state index in [0.29, 0.717) is 0 Å². The molecule has 0 saturated carbocycles. The summed E-state index contributed by atoms with van der Waals surface area (Å²) in [5.41, 5.74) is 4.05. The molecule has 2 aromatic carbocycles. The summed E-state index contributed by atoms with van der Waals surface area (Å²) in [5.74, 6) is 1.78. The summed E-state index contributed by atoms with van der Waals surface area (Å²) in [4.78, 5) is 2.59. The third kappa shape index (κ3) is 4.02. The molecule has 25 heavy (non-hydrogen) atoms. The number of benzene rings is 2. The maximum Gasteiger partial charge on any atom is 0.134 e. The predicted octanol–water partition coefficient (Wildman–Crippen LogP) is 5.40. The van der Waals surface area contributed by atoms with Crippen LogP contribution in [0.25, 0.3) is 11.3 Å². The minimum Gasteiger partial charge on any atom is -0.464 e. The highest BCUT2D eigenvalue weighted by Gasteiger charge is 2.23. The lowest BCUT2D eigenvalue weighted by atomic mass is 9.99. The maximum absolute atomic E-state index is 5.61. The molecular formula is C23H25NO. The van der Waals surface area contributed by atoms with Crippen LogP contribution in [0, 0.1) is 5.92 Å². The molecule has 0 aliphatic carbocycles. The normalized spacial score (nSPS) is 17.8. The Hall–Kier alpha value is -2.32. The highest BCUT2D eigenvalue weighted by atomic mass is 16.3. The van der Waals surface area contributed by atoms with Gasteiger partial charge in [0.2, 0.25) is 0 Å². The second-order valence-electron chi connectivity index (χ2n) is 7.05. The van der Waals surface area contributed by atoms with Crippen LogP contribution in [-0.4, -0.2) is 18.0 Å². The largest absolute Gasteiger partial charge is 0.464 e. The summed E-state index contributed by atoms with van der Waals surface area (Å²) >= 11 is 0. The molecule has 1 aliphatic rings. The molecule has 1 aromatic heterocycles. The molecule has 0 spiro atoms. The molecule has 2 heterocycles. The predicted molar refractivity (Wildman–Crippen MR) is 102 cm³/mol. The minimum atomic E-state index is 0.816. The average molecular weight is 331 g/mol. The Morgan fingerprint density at radius 3 is 2.60 bits per heavy atom. The summed E-state index contributed by atoms with van der Waals surface area (Å²) in [6.45, 7) is 3.42. The number of rotatable bonds is 6. The van der Waals surface area contributed by atoms with Gasteiger partial charge in [-0.05, 0) is 55.0 Å². The molecule has 0 radical (unpaired) electrons. The maximum atomic E-state index is 5.61. The van der Waals surface area contributed by atoms with Crippen LogP contribution in [0.2, 0.25) is 0 Å². The van der Waals surface area contributed by atoms with Gasteiger partial charge in [-0.1, -0.05) is 54.6 Å². The second kappa shape index (κ2) is 7.71. The van der Waals surface area contributed by atoms with Gasteiger partial charge >= 0.3 is 0 Å². The molecule has 1 fully saturated rings. The Bertz CT molecular complexity index is 779. The Kier molecular flexibility index (Phi) is 4.98. The van der Waals surface area contributed by atoms with E-state index in [0.717, 1.165) is 18.2 Å². The molecule has 1 atom stereocenters. The van der Waals surface area contributed by atoms with Gasteiger partial charge in [0.15, 0.2) is 0 Å². The molecular weight excluding hydrogens is 306 g/mol. The number of aryl methyl sites for hydroxylation is 1. The zero-order chi connectivity index (χ0) is 16.9. The number of furan rings is 1. The molecule has 1 aliphatic heterocycles. The molecule has 3 aromatic rings. The van der Waals surface area contributed by atoms with Crippen LogP contribution in [0.3, 0.4) is 0 Å². The van der Waals surface area contributed by atoms with Crippen LogP contribution < -0.4 is 0 Å². The quantitative estimate of drug-likeness (QED) is 0.601. The minimum absolute atomic E-state index is 0.816. The standard InChI is InChI=1S/C23H25NO/c1-2-7-19(8-3-1)12-13-20-14-15-24(17-20)18-21-9-4-5-10-22(21)23-11-6-16-25-23/h1-11,16,20H,12-15,17-18H2. The SMILES string of the molecule is c1ccc(CCC2CCN(Cc3ccccc3-c3ccco3)C2)cc1. The van der Waals surface area contributed by atoms with E-state index in [1.54, 1.807) is 6.26 Å². The van der Waals surface area contributed by atoms with Gasteiger partial charge in [0.1, 0.15) is 5.76 Å². The first-order valence-corrected chi connectivity index (χ1v) is 9.26. The first kappa shape index (κ1) is 16.2. The molecule has 1 saturated heterocycles. The molecule has 2 nitrogen and oxygen atoms in total. The molecule has 4 rings (SSSR count). The molecule has 1 unspecified atom stereocenters. The van der Waals surface area contributed by atoms with Crippen molar-refractivity contribution in [2.75, 3.05) is 13.1 Å². The topological polar surface area (TPSA) is 16.4 Å². The highest BCUT2D eigenvalue weighted by Crippen LogP contribution is 2.28. The van der Waals surface area contributed by atoms with Crippen LogP contribution in [-0.2, 0) is 13.0 Å². The van der Waals surface area contributed by atoms with Crippen LogP contribution in [0.1, 0.15) is 24.0 Å². The van der Waals surface area contributed by atoms with Crippen molar-refractivity contribution in [2.45, 2.75) is 25.8 Å². The molecule has 0 bridgehead atoms. The molecule has 2 heteroatoms. The summed E-state index contributed by atoms with van der Waals surface area (Å²) < 4.78 is 5.61. The van der Waals surface area contributed by atoms with E-state index in [-0.39, 0.29) is 0 Å². The van der Waals surface area contributed by atoms with Crippen molar-refractivity contribution in [1.82, 2.24) is 4.90 Å². The number of nitrogens with zero attached hydrogens (tertiary/aromatic N) is 1. The molecule has 128 valence electrons. The van der Waals surface area contributed by atoms with Gasteiger partial charge in [-0.15, -0.1) is 0 Å². The Morgan fingerprint density at radius 1 is 0.920 bits per heavy atom. The van der Waals surface area contributed by atoms with Gasteiger partial charge in [0, 0.05) is 18.7 Å². The van der Waals surface area contributed by atoms with E-state index in [4.69, 9.17) is 4.42 Å². The molecule has 0 N–H and O–H groups in total. The highest BCUT2D eigenvalue weighted by molar-refractivity contribution is 5.61. The third-order valence-electron chi connectivity index (χ3n) is 5.25. The first-order chi connectivity index (χ1) is 12.4. The fourth-order valence-electron chi connectivity index (χ4n) is 3.88. The van der Waals surface area contributed by atoms with Gasteiger partial charge in [-0.2, -0.15) is 0 Å². The van der Waals surface area contributed by atoms with E-state index in [1.807, 2.05) is 12.1 Å². The lowest BCUT2D eigenvalue weighted by Crippen LogP contribution is -2.20. The van der Waals surface area contributed by atoms with Crippen molar-refractivity contribution in [2.24, 2.45) is 5.92 Å². The van der Waals surface area contributed by atoms with E-state index in [9.17, 15) is 0 Å². The smallest absolute Gasteiger partial charge is 0.134 e. The van der Waals surface area contributed by atoms with Crippen LogP contribution in [0.5, 0.6) is 0 Å². The Balaban J connectivity index is 1.36. The van der Waals surface area contributed by atoms with E-state index < -0.39 is 0 Å². The van der Waals surface area contributed by atoms with Gasteiger partial charge in [-0.25, -0.2) is 0 Å². The van der Waals surface area contributed by atoms with Gasteiger partial charge in [0.05, 0.1) is 6.26 Å². The summed E-state index contributed by atoms with van der Waals surface area (Å²) in [6.07, 6.45) is 5.56. The first-order valence-electron chi connectivity index (χ1n) is 9.26. The van der Waals surface area contributed by atoms with Crippen LogP contribution in [0.15, 0.2) is 77.4 Å². The van der Waals surface area contributed by atoms with Crippen LogP contribution in [0.4, 0.5) is 0 Å². The van der Waals surface area contributed by atoms with Crippen molar-refractivity contribution >= 4 is 0 Å². The van der Waals surface area contributed by atoms with Crippen LogP contribution >= 0.6 is 0 Å². The van der Waals surface area contributed by atoms with Gasteiger partial charge in [-0.3, -0.25) is 4.90 Å². The van der Waals surface area contributed by atoms with E-state index >= 15 is 0 Å². The lowest BCUT2D eigenvalue weighted by molar-refractivity contribution is 0.313. The summed E-state index contributed by atoms with van der Waals surface area (Å²) in [7, 11) is 0. The number of hydrogen-bond acceptors (Lipinski definition) is 2. The summed E-state index contributed by atoms with van der Waals surface area (Å²) in [6, 6.07) is 23.5. The zero-order valence-corrected chi connectivity index (χ0v) is 14.6. The van der Waals surface area contributed by atoms with Crippen molar-refractivity contribution < 1.29 is 4.42 Å². The monoisotopic (exact) mass is 331 g/mol. The second-order valence-corrected chi connectivity index (χ2v) is 7.05. The fourth-order valence-corrected chi connectivity index (χ4v) is 3.88. The Labute approximate surface area is 150 Å². The molecule has 0 amide bonds. The van der Waals surface area contributed by atoms with E-state index in [1.165, 1.54) is 49.0 Å². The lowest BCUT2D eigenvalue weighted by Gasteiger charge is -2.18. The van der Waals surface area contributed by atoms with Gasteiger partial charge < -0.3 is 4.42 Å². The number of hydrogen-bond donors (Lipinski definition) is 0. The Morgan fingerprint density at radius 2 is 1.76 bits per heavy atom. The fraction of sp³-hybridized carbons (Fsp3) is 0.304. The average Bonchev–Trinajstić information content (AvgIpc) is 3.33. The van der Waals surface area contributed by atoms with Crippen molar-refractivity contribution in [1.29, 1.82) is 0 Å². The van der Waals surface area contributed by atoms with E-state index in [2.05, 4.69) is 59.5 Å². The summed E-state index contributed by atoms with van der Waals surface area (Å²) in [5, 5.41) is 0. The van der Waals surface area contributed by atoms with Gasteiger partial charge in [0.25, 0.3) is 0 Å². The third-order valence-corrected chi connectivity index (χ3v) is 5.25. The number of likely N-dealkylation sites (tertiary alicyclic amines) is 1. The zero-order valence-electron chi connectivity index (χ0n) is 14.6. The van der Waals surface area contributed by atoms with Crippen molar-refractivity contribution in [3.8, 4) is 11.3 Å². The van der Waals surface area contributed by atoms with Crippen molar-refractivity contribution in [3.63, 3.8) is 0 Å².